The van der Waals surface area contributed by atoms with E-state index in [1.54, 1.807) is 7.11 Å². The largest absolute Gasteiger partial charge is 0.409 e. The van der Waals surface area contributed by atoms with E-state index in [9.17, 15) is 5.11 Å². The summed E-state index contributed by atoms with van der Waals surface area (Å²) >= 11 is 0. The van der Waals surface area contributed by atoms with Crippen molar-refractivity contribution in [2.75, 3.05) is 13.7 Å². The summed E-state index contributed by atoms with van der Waals surface area (Å²) in [5.74, 6) is 0. The van der Waals surface area contributed by atoms with Crippen molar-refractivity contribution in [3.63, 3.8) is 0 Å². The van der Waals surface area contributed by atoms with Gasteiger partial charge in [-0.1, -0.05) is 0 Å². The molecule has 0 radical (unpaired) electrons. The van der Waals surface area contributed by atoms with Crippen LogP contribution >= 0.6 is 0 Å². The number of aliphatic hydroxyl groups excluding tert-OH is 1. The van der Waals surface area contributed by atoms with Gasteiger partial charge in [0.05, 0.1) is 6.61 Å². The average molecular weight is 411 g/mol. The molecule has 1 fully saturated rings. The van der Waals surface area contributed by atoms with Crippen LogP contribution in [0.15, 0.2) is 0 Å². The van der Waals surface area contributed by atoms with Crippen LogP contribution in [0.3, 0.4) is 0 Å². The summed E-state index contributed by atoms with van der Waals surface area (Å²) in [6.45, 7) is 19.1. The second-order valence-electron chi connectivity index (χ2n) is 9.55. The molecule has 0 bridgehead atoms. The summed E-state index contributed by atoms with van der Waals surface area (Å²) in [5.41, 5.74) is 0. The van der Waals surface area contributed by atoms with Gasteiger partial charge in [-0.15, -0.1) is 0 Å². The summed E-state index contributed by atoms with van der Waals surface area (Å²) in [4.78, 5) is 0. The van der Waals surface area contributed by atoms with Crippen LogP contribution < -0.4 is 0 Å². The van der Waals surface area contributed by atoms with Crippen molar-refractivity contribution in [3.8, 4) is 0 Å². The van der Waals surface area contributed by atoms with Gasteiger partial charge in [-0.2, -0.15) is 0 Å². The second kappa shape index (κ2) is 8.61. The predicted molar refractivity (Wildman–Crippen MR) is 107 cm³/mol. The van der Waals surface area contributed by atoms with E-state index >= 15 is 0 Å². The number of hydrogen-bond acceptors (Lipinski definition) is 6. The number of ether oxygens (including phenoxy) is 2. The normalized spacial score (nSPS) is 32.0. The molecule has 1 saturated heterocycles. The maximum absolute atomic E-state index is 9.89. The molecule has 1 aliphatic heterocycles. The van der Waals surface area contributed by atoms with Crippen LogP contribution in [0.1, 0.15) is 0 Å². The summed E-state index contributed by atoms with van der Waals surface area (Å²) in [6.07, 6.45) is -2.11. The third-order valence-electron chi connectivity index (χ3n) is 3.47. The van der Waals surface area contributed by atoms with Gasteiger partial charge in [-0.3, -0.25) is 0 Å². The lowest BCUT2D eigenvalue weighted by Crippen LogP contribution is -2.66. The van der Waals surface area contributed by atoms with E-state index in [0.717, 1.165) is 0 Å². The molecule has 0 saturated carbocycles. The third kappa shape index (κ3) is 7.89. The highest BCUT2D eigenvalue weighted by molar-refractivity contribution is 6.70. The number of methoxy groups -OCH3 is 1. The number of rotatable bonds is 8. The van der Waals surface area contributed by atoms with Crippen molar-refractivity contribution in [1.82, 2.24) is 0 Å². The Labute approximate surface area is 156 Å². The maximum Gasteiger partial charge on any atom is 0.185 e. The number of aliphatic hydroxyl groups is 1. The van der Waals surface area contributed by atoms with Gasteiger partial charge in [0.1, 0.15) is 24.4 Å². The third-order valence-corrected chi connectivity index (χ3v) is 6.41. The van der Waals surface area contributed by atoms with Crippen molar-refractivity contribution in [2.24, 2.45) is 0 Å². The molecule has 0 spiro atoms. The molecule has 0 aliphatic carbocycles. The van der Waals surface area contributed by atoms with Crippen LogP contribution in [0, 0.1) is 0 Å². The fourth-order valence-electron chi connectivity index (χ4n) is 2.84. The van der Waals surface area contributed by atoms with Gasteiger partial charge in [0.2, 0.25) is 0 Å². The van der Waals surface area contributed by atoms with Gasteiger partial charge in [0.25, 0.3) is 0 Å². The topological polar surface area (TPSA) is 66.4 Å². The van der Waals surface area contributed by atoms with Gasteiger partial charge < -0.3 is 27.9 Å². The van der Waals surface area contributed by atoms with Crippen LogP contribution in [0.25, 0.3) is 0 Å². The van der Waals surface area contributed by atoms with E-state index in [0.29, 0.717) is 0 Å². The molecule has 1 rings (SSSR count). The van der Waals surface area contributed by atoms with Gasteiger partial charge in [-0.25, -0.2) is 0 Å². The van der Waals surface area contributed by atoms with Crippen molar-refractivity contribution >= 4 is 25.0 Å². The van der Waals surface area contributed by atoms with E-state index in [4.69, 9.17) is 22.8 Å². The van der Waals surface area contributed by atoms with E-state index in [1.807, 2.05) is 0 Å². The lowest BCUT2D eigenvalue weighted by molar-refractivity contribution is -0.284. The first-order chi connectivity index (χ1) is 11.2. The molecule has 1 heterocycles. The minimum Gasteiger partial charge on any atom is -0.409 e. The number of hydrogen-bond donors (Lipinski definition) is 1. The van der Waals surface area contributed by atoms with Crippen molar-refractivity contribution in [3.05, 3.63) is 0 Å². The van der Waals surface area contributed by atoms with Gasteiger partial charge in [0.15, 0.2) is 31.2 Å². The fourth-order valence-corrected chi connectivity index (χ4v) is 6.09. The van der Waals surface area contributed by atoms with Crippen LogP contribution in [0.2, 0.25) is 58.9 Å². The molecule has 0 aromatic carbocycles. The molecule has 5 atom stereocenters. The zero-order chi connectivity index (χ0) is 19.6. The lowest BCUT2D eigenvalue weighted by Gasteiger charge is -2.50. The van der Waals surface area contributed by atoms with Crippen molar-refractivity contribution in [2.45, 2.75) is 89.6 Å². The Balaban J connectivity index is 3.27. The van der Waals surface area contributed by atoms with E-state index < -0.39 is 37.3 Å². The molecule has 0 aromatic heterocycles. The SMILES string of the molecule is CO[C@H]1O[C@H](CO)[C@@H](O[Si](C)(C)C)[C@H](O[Si](C)(C)C)[C@H]1O[Si](C)(C)C. The summed E-state index contributed by atoms with van der Waals surface area (Å²) in [7, 11) is -4.04. The Morgan fingerprint density at radius 3 is 1.48 bits per heavy atom. The Morgan fingerprint density at radius 2 is 1.12 bits per heavy atom. The Morgan fingerprint density at radius 1 is 0.720 bits per heavy atom. The monoisotopic (exact) mass is 410 g/mol. The molecule has 150 valence electrons. The first-order valence-electron chi connectivity index (χ1n) is 8.99. The van der Waals surface area contributed by atoms with Crippen molar-refractivity contribution in [1.29, 1.82) is 0 Å². The van der Waals surface area contributed by atoms with Crippen LogP contribution in [-0.2, 0) is 22.8 Å². The molecule has 0 aromatic rings. The molecule has 0 unspecified atom stereocenters. The highest BCUT2D eigenvalue weighted by Gasteiger charge is 2.51. The quantitative estimate of drug-likeness (QED) is 0.621. The fraction of sp³-hybridized carbons (Fsp3) is 1.00. The summed E-state index contributed by atoms with van der Waals surface area (Å²) < 4.78 is 30.9. The summed E-state index contributed by atoms with van der Waals surface area (Å²) in [6, 6.07) is 0. The van der Waals surface area contributed by atoms with Crippen LogP contribution in [-0.4, -0.2) is 74.5 Å². The summed E-state index contributed by atoms with van der Waals surface area (Å²) in [5, 5.41) is 9.89. The molecule has 1 aliphatic rings. The molecule has 9 heteroatoms. The van der Waals surface area contributed by atoms with Crippen molar-refractivity contribution < 1.29 is 27.9 Å². The van der Waals surface area contributed by atoms with Crippen LogP contribution in [0.5, 0.6) is 0 Å². The maximum atomic E-state index is 9.89. The Hall–Kier alpha value is 0.411. The van der Waals surface area contributed by atoms with E-state index in [-0.39, 0.29) is 24.9 Å². The van der Waals surface area contributed by atoms with E-state index in [1.165, 1.54) is 0 Å². The average Bonchev–Trinajstić information content (AvgIpc) is 2.38. The second-order valence-corrected chi connectivity index (χ2v) is 22.9. The predicted octanol–water partition coefficient (Wildman–Crippen LogP) is 3.01. The lowest BCUT2D eigenvalue weighted by atomic mass is 9.99. The minimum absolute atomic E-state index is 0.139. The van der Waals surface area contributed by atoms with Gasteiger partial charge >= 0.3 is 0 Å². The molecule has 25 heavy (non-hydrogen) atoms. The van der Waals surface area contributed by atoms with Crippen LogP contribution in [0.4, 0.5) is 0 Å². The zero-order valence-corrected chi connectivity index (χ0v) is 20.6. The Bertz CT molecular complexity index is 386. The highest BCUT2D eigenvalue weighted by atomic mass is 28.4. The smallest absolute Gasteiger partial charge is 0.185 e. The molecule has 1 N–H and O–H groups in total. The molecule has 0 amide bonds. The molecule has 6 nitrogen and oxygen atoms in total. The van der Waals surface area contributed by atoms with Gasteiger partial charge in [0, 0.05) is 7.11 Å². The molecular formula is C16H38O6Si3. The first-order valence-corrected chi connectivity index (χ1v) is 19.2. The standard InChI is InChI=1S/C16H38O6Si3/c1-18-16-15(22-25(8,9)10)14(21-24(5,6)7)13(12(11-17)19-16)20-23(2,3)4/h12-17H,11H2,1-10H3/t12-,13-,14+,15-,16+/m1/s1. The minimum atomic E-state index is -1.89. The van der Waals surface area contributed by atoms with Gasteiger partial charge in [-0.05, 0) is 58.9 Å². The van der Waals surface area contributed by atoms with E-state index in [2.05, 4.69) is 58.9 Å². The Kier molecular flexibility index (Phi) is 8.08. The highest BCUT2D eigenvalue weighted by Crippen LogP contribution is 2.33. The first kappa shape index (κ1) is 23.5. The zero-order valence-electron chi connectivity index (χ0n) is 17.6. The molecular weight excluding hydrogens is 372 g/mol.